The third kappa shape index (κ3) is 4.38. The molecule has 6 heteroatoms. The third-order valence-corrected chi connectivity index (χ3v) is 4.82. The molecular formula is C19H20BrFN2O2. The number of piperidine rings is 1. The van der Waals surface area contributed by atoms with Crippen molar-refractivity contribution in [3.63, 3.8) is 0 Å². The summed E-state index contributed by atoms with van der Waals surface area (Å²) in [6, 6.07) is 12.1. The van der Waals surface area contributed by atoms with Crippen molar-refractivity contribution in [3.05, 3.63) is 63.9 Å². The van der Waals surface area contributed by atoms with E-state index in [1.807, 2.05) is 12.1 Å². The third-order valence-electron chi connectivity index (χ3n) is 4.33. The van der Waals surface area contributed by atoms with Crippen LogP contribution in [-0.2, 0) is 6.54 Å². The van der Waals surface area contributed by atoms with E-state index in [-0.39, 0.29) is 18.3 Å². The maximum absolute atomic E-state index is 14.0. The summed E-state index contributed by atoms with van der Waals surface area (Å²) in [5.41, 5.74) is 1.72. The molecule has 2 aromatic carbocycles. The van der Waals surface area contributed by atoms with Gasteiger partial charge in [0.2, 0.25) is 0 Å². The summed E-state index contributed by atoms with van der Waals surface area (Å²) in [7, 11) is 0. The Bertz CT molecular complexity index is 769. The largest absolute Gasteiger partial charge is 0.391 e. The number of para-hydroxylation sites is 1. The number of aliphatic hydroxyl groups is 1. The number of likely N-dealkylation sites (tertiary alicyclic amines) is 1. The highest BCUT2D eigenvalue weighted by Crippen LogP contribution is 2.22. The minimum Gasteiger partial charge on any atom is -0.391 e. The number of nitrogens with zero attached hydrogens (tertiary/aromatic N) is 1. The molecule has 3 rings (SSSR count). The molecule has 1 amide bonds. The smallest absolute Gasteiger partial charge is 0.256 e. The highest BCUT2D eigenvalue weighted by Gasteiger charge is 2.24. The van der Waals surface area contributed by atoms with E-state index in [4.69, 9.17) is 0 Å². The molecule has 0 radical (unpaired) electrons. The first-order valence-corrected chi connectivity index (χ1v) is 9.08. The number of hydrogen-bond donors (Lipinski definition) is 2. The Morgan fingerprint density at radius 3 is 2.88 bits per heavy atom. The Morgan fingerprint density at radius 1 is 1.32 bits per heavy atom. The lowest BCUT2D eigenvalue weighted by Crippen LogP contribution is -2.42. The Labute approximate surface area is 154 Å². The number of β-amino-alcohol motifs (C(OH)–C–C–N with tert-alkyl or cyclic N) is 1. The van der Waals surface area contributed by atoms with E-state index in [9.17, 15) is 14.3 Å². The zero-order valence-electron chi connectivity index (χ0n) is 13.7. The zero-order chi connectivity index (χ0) is 17.8. The normalized spacial score (nSPS) is 17.4. The fourth-order valence-electron chi connectivity index (χ4n) is 2.99. The molecule has 1 atom stereocenters. The maximum atomic E-state index is 14.0. The van der Waals surface area contributed by atoms with Crippen LogP contribution < -0.4 is 5.32 Å². The van der Waals surface area contributed by atoms with E-state index >= 15 is 0 Å². The summed E-state index contributed by atoms with van der Waals surface area (Å²) < 4.78 is 14.7. The van der Waals surface area contributed by atoms with Crippen molar-refractivity contribution in [1.82, 2.24) is 4.90 Å². The number of amides is 1. The van der Waals surface area contributed by atoms with Crippen LogP contribution >= 0.6 is 15.9 Å². The second-order valence-corrected chi connectivity index (χ2v) is 7.10. The average Bonchev–Trinajstić information content (AvgIpc) is 2.61. The lowest BCUT2D eigenvalue weighted by molar-refractivity contribution is 0.0474. The number of halogens is 2. The summed E-state index contributed by atoms with van der Waals surface area (Å²) in [5, 5.41) is 13.0. The molecule has 0 aliphatic carbocycles. The van der Waals surface area contributed by atoms with Crippen molar-refractivity contribution in [3.8, 4) is 0 Å². The number of anilines is 1. The fraction of sp³-hybridized carbons (Fsp3) is 0.316. The molecule has 0 aromatic heterocycles. The summed E-state index contributed by atoms with van der Waals surface area (Å²) in [5.74, 6) is -0.414. The molecule has 2 N–H and O–H groups in total. The zero-order valence-corrected chi connectivity index (χ0v) is 15.3. The van der Waals surface area contributed by atoms with E-state index in [0.29, 0.717) is 34.4 Å². The van der Waals surface area contributed by atoms with Crippen molar-refractivity contribution < 1.29 is 14.3 Å². The van der Waals surface area contributed by atoms with Crippen molar-refractivity contribution in [1.29, 1.82) is 0 Å². The first-order chi connectivity index (χ1) is 12.0. The van der Waals surface area contributed by atoms with Gasteiger partial charge >= 0.3 is 0 Å². The average molecular weight is 407 g/mol. The van der Waals surface area contributed by atoms with E-state index in [0.717, 1.165) is 12.8 Å². The molecule has 0 bridgehead atoms. The first-order valence-electron chi connectivity index (χ1n) is 8.29. The van der Waals surface area contributed by atoms with Crippen LogP contribution in [0.2, 0.25) is 0 Å². The fourth-order valence-corrected chi connectivity index (χ4v) is 3.32. The van der Waals surface area contributed by atoms with E-state index < -0.39 is 6.10 Å². The van der Waals surface area contributed by atoms with Crippen LogP contribution in [0.25, 0.3) is 0 Å². The summed E-state index contributed by atoms with van der Waals surface area (Å²) >= 11 is 3.24. The molecule has 1 heterocycles. The second kappa shape index (κ2) is 7.97. The van der Waals surface area contributed by atoms with Gasteiger partial charge in [-0.15, -0.1) is 0 Å². The molecule has 0 spiro atoms. The molecule has 1 aliphatic rings. The number of carbonyl (C=O) groups is 1. The number of hydrogen-bond acceptors (Lipinski definition) is 3. The number of carbonyl (C=O) groups excluding carboxylic acids is 1. The van der Waals surface area contributed by atoms with Crippen LogP contribution in [-0.4, -0.2) is 35.1 Å². The second-order valence-electron chi connectivity index (χ2n) is 6.18. The molecule has 0 saturated carbocycles. The molecule has 4 nitrogen and oxygen atoms in total. The molecule has 132 valence electrons. The lowest BCUT2D eigenvalue weighted by Gasteiger charge is -2.30. The number of nitrogens with one attached hydrogen (secondary N) is 1. The van der Waals surface area contributed by atoms with Crippen molar-refractivity contribution in [2.45, 2.75) is 25.5 Å². The van der Waals surface area contributed by atoms with Gasteiger partial charge in [-0.25, -0.2) is 4.39 Å². The molecule has 25 heavy (non-hydrogen) atoms. The van der Waals surface area contributed by atoms with E-state index in [1.165, 1.54) is 6.07 Å². The molecular weight excluding hydrogens is 387 g/mol. The van der Waals surface area contributed by atoms with Gasteiger partial charge in [0.05, 0.1) is 11.7 Å². The monoisotopic (exact) mass is 406 g/mol. The maximum Gasteiger partial charge on any atom is 0.256 e. The summed E-state index contributed by atoms with van der Waals surface area (Å²) in [6.07, 6.45) is 1.06. The quantitative estimate of drug-likeness (QED) is 0.811. The van der Waals surface area contributed by atoms with E-state index in [1.54, 1.807) is 29.2 Å². The van der Waals surface area contributed by atoms with Gasteiger partial charge in [0, 0.05) is 35.4 Å². The topological polar surface area (TPSA) is 52.6 Å². The highest BCUT2D eigenvalue weighted by molar-refractivity contribution is 9.10. The van der Waals surface area contributed by atoms with Crippen LogP contribution in [0.1, 0.15) is 28.8 Å². The Hall–Kier alpha value is -1.92. The molecule has 1 aliphatic heterocycles. The Kier molecular flexibility index (Phi) is 5.71. The van der Waals surface area contributed by atoms with Gasteiger partial charge in [0.25, 0.3) is 5.91 Å². The number of aliphatic hydroxyl groups excluding tert-OH is 1. The van der Waals surface area contributed by atoms with Crippen LogP contribution in [0.15, 0.2) is 46.9 Å². The van der Waals surface area contributed by atoms with Gasteiger partial charge in [-0.1, -0.05) is 34.1 Å². The molecule has 2 aromatic rings. The van der Waals surface area contributed by atoms with E-state index in [2.05, 4.69) is 21.2 Å². The predicted molar refractivity (Wildman–Crippen MR) is 99.0 cm³/mol. The Balaban J connectivity index is 1.75. The van der Waals surface area contributed by atoms with Crippen LogP contribution in [0.4, 0.5) is 10.1 Å². The van der Waals surface area contributed by atoms with Gasteiger partial charge in [0.1, 0.15) is 5.82 Å². The molecule has 1 saturated heterocycles. The summed E-state index contributed by atoms with van der Waals surface area (Å²) in [4.78, 5) is 14.5. The number of benzene rings is 2. The molecule has 0 unspecified atom stereocenters. The van der Waals surface area contributed by atoms with Crippen molar-refractivity contribution in [2.24, 2.45) is 0 Å². The first kappa shape index (κ1) is 17.9. The standard InChI is InChI=1S/C19H20BrFN2O2/c20-14-8-7-13(17(21)10-14)11-22-18-6-2-1-5-16(18)19(25)23-9-3-4-15(24)12-23/h1-2,5-8,10,15,22,24H,3-4,9,11-12H2/t15-/m1/s1. The SMILES string of the molecule is O=C(c1ccccc1NCc1ccc(Br)cc1F)N1CCC[C@@H](O)C1. The van der Waals surface area contributed by atoms with Gasteiger partial charge in [-0.05, 0) is 37.1 Å². The van der Waals surface area contributed by atoms with Gasteiger partial charge in [0.15, 0.2) is 0 Å². The van der Waals surface area contributed by atoms with Gasteiger partial charge < -0.3 is 15.3 Å². The van der Waals surface area contributed by atoms with Gasteiger partial charge in [-0.2, -0.15) is 0 Å². The molecule has 1 fully saturated rings. The predicted octanol–water partition coefficient (Wildman–Crippen LogP) is 3.80. The van der Waals surface area contributed by atoms with Crippen LogP contribution in [0.3, 0.4) is 0 Å². The van der Waals surface area contributed by atoms with Crippen molar-refractivity contribution >= 4 is 27.5 Å². The van der Waals surface area contributed by atoms with Gasteiger partial charge in [-0.3, -0.25) is 4.79 Å². The minimum atomic E-state index is -0.463. The van der Waals surface area contributed by atoms with Crippen LogP contribution in [0, 0.1) is 5.82 Å². The van der Waals surface area contributed by atoms with Crippen molar-refractivity contribution in [2.75, 3.05) is 18.4 Å². The lowest BCUT2D eigenvalue weighted by atomic mass is 10.1. The Morgan fingerprint density at radius 2 is 2.12 bits per heavy atom. The number of rotatable bonds is 4. The minimum absolute atomic E-state index is 0.113. The highest BCUT2D eigenvalue weighted by atomic mass is 79.9. The summed E-state index contributed by atoms with van der Waals surface area (Å²) in [6.45, 7) is 1.28. The van der Waals surface area contributed by atoms with Crippen LogP contribution in [0.5, 0.6) is 0 Å².